The van der Waals surface area contributed by atoms with Crippen molar-refractivity contribution in [2.24, 2.45) is 11.3 Å². The summed E-state index contributed by atoms with van der Waals surface area (Å²) in [5, 5.41) is 2.98. The number of phosphoric ester groups is 1. The Morgan fingerprint density at radius 1 is 1.50 bits per heavy atom. The fourth-order valence-electron chi connectivity index (χ4n) is 4.28. The molecule has 2 aromatic heterocycles. The zero-order valence-corrected chi connectivity index (χ0v) is 16.7. The zero-order chi connectivity index (χ0) is 20.3. The molecule has 0 aliphatic heterocycles. The van der Waals surface area contributed by atoms with Gasteiger partial charge in [-0.2, -0.15) is 9.97 Å². The Balaban J connectivity index is 1.70. The third kappa shape index (κ3) is 3.27. The number of carbonyl (C=O) groups is 1. The van der Waals surface area contributed by atoms with E-state index in [4.69, 9.17) is 20.9 Å². The van der Waals surface area contributed by atoms with Gasteiger partial charge in [0.1, 0.15) is 0 Å². The maximum atomic E-state index is 11.5. The Morgan fingerprint density at radius 2 is 2.25 bits per heavy atom. The summed E-state index contributed by atoms with van der Waals surface area (Å²) in [4.78, 5) is 42.6. The van der Waals surface area contributed by atoms with Crippen molar-refractivity contribution >= 4 is 42.4 Å². The number of anilines is 1. The molecular formula is C15H19ClN5O6P. The number of esters is 1. The van der Waals surface area contributed by atoms with Gasteiger partial charge in [0, 0.05) is 25.4 Å². The second-order valence-electron chi connectivity index (χ2n) is 7.13. The van der Waals surface area contributed by atoms with Crippen molar-refractivity contribution in [1.82, 2.24) is 19.5 Å². The molecule has 2 saturated carbocycles. The van der Waals surface area contributed by atoms with Gasteiger partial charge in [0.25, 0.3) is 0 Å². The van der Waals surface area contributed by atoms with Crippen LogP contribution in [0, 0.1) is 11.3 Å². The van der Waals surface area contributed by atoms with E-state index in [0.29, 0.717) is 29.8 Å². The number of imidazole rings is 1. The topological polar surface area (TPSA) is 149 Å². The second-order valence-corrected chi connectivity index (χ2v) is 8.66. The lowest BCUT2D eigenvalue weighted by molar-refractivity contribution is -0.144. The average molecular weight is 432 g/mol. The van der Waals surface area contributed by atoms with E-state index in [9.17, 15) is 19.1 Å². The van der Waals surface area contributed by atoms with E-state index in [-0.39, 0.29) is 23.9 Å². The van der Waals surface area contributed by atoms with Crippen LogP contribution < -0.4 is 5.32 Å². The number of phosphoric acid groups is 1. The number of hydrogen-bond donors (Lipinski definition) is 3. The molecule has 4 atom stereocenters. The van der Waals surface area contributed by atoms with Crippen LogP contribution in [0.4, 0.5) is 5.82 Å². The van der Waals surface area contributed by atoms with Crippen LogP contribution in [0.1, 0.15) is 25.8 Å². The number of rotatable bonds is 6. The van der Waals surface area contributed by atoms with Crippen LogP contribution in [-0.4, -0.2) is 55.0 Å². The van der Waals surface area contributed by atoms with Crippen molar-refractivity contribution in [1.29, 1.82) is 0 Å². The number of carbonyl (C=O) groups excluding carboxylic acids is 1. The molecule has 0 radical (unpaired) electrons. The molecule has 0 aromatic carbocycles. The summed E-state index contributed by atoms with van der Waals surface area (Å²) >= 11 is 6.02. The third-order valence-corrected chi connectivity index (χ3v) is 6.23. The van der Waals surface area contributed by atoms with Crippen LogP contribution in [0.25, 0.3) is 11.2 Å². The van der Waals surface area contributed by atoms with Gasteiger partial charge < -0.3 is 24.4 Å². The van der Waals surface area contributed by atoms with Crippen molar-refractivity contribution in [3.8, 4) is 0 Å². The molecule has 152 valence electrons. The lowest BCUT2D eigenvalue weighted by Gasteiger charge is -2.23. The predicted octanol–water partition coefficient (Wildman–Crippen LogP) is 1.51. The van der Waals surface area contributed by atoms with Gasteiger partial charge in [0.05, 0.1) is 19.0 Å². The summed E-state index contributed by atoms with van der Waals surface area (Å²) in [7, 11) is -3.01. The number of fused-ring (bicyclic) bond motifs is 2. The first kappa shape index (κ1) is 19.5. The first-order valence-electron chi connectivity index (χ1n) is 8.60. The molecule has 3 N–H and O–H groups in total. The van der Waals surface area contributed by atoms with Crippen molar-refractivity contribution in [2.75, 3.05) is 19.0 Å². The first-order valence-corrected chi connectivity index (χ1v) is 10.5. The molecule has 0 saturated heterocycles. The van der Waals surface area contributed by atoms with E-state index >= 15 is 0 Å². The molecule has 28 heavy (non-hydrogen) atoms. The normalized spacial score (nSPS) is 29.0. The van der Waals surface area contributed by atoms with E-state index in [1.54, 1.807) is 13.4 Å². The Hall–Kier alpha value is -1.78. The van der Waals surface area contributed by atoms with Gasteiger partial charge in [0.2, 0.25) is 5.28 Å². The fourth-order valence-corrected chi connectivity index (χ4v) is 5.07. The van der Waals surface area contributed by atoms with Crippen molar-refractivity contribution in [2.45, 2.75) is 31.9 Å². The minimum Gasteiger partial charge on any atom is -0.465 e. The summed E-state index contributed by atoms with van der Waals surface area (Å²) in [5.41, 5.74) is 0.411. The minimum absolute atomic E-state index is 0.00687. The molecule has 4 rings (SSSR count). The van der Waals surface area contributed by atoms with E-state index < -0.39 is 25.3 Å². The Kier molecular flexibility index (Phi) is 4.63. The highest BCUT2D eigenvalue weighted by Gasteiger charge is 2.70. The number of aromatic nitrogens is 4. The molecule has 2 heterocycles. The summed E-state index contributed by atoms with van der Waals surface area (Å²) in [6.45, 7) is 1.33. The molecule has 11 nitrogen and oxygen atoms in total. The SMILES string of the molecule is CNc1nc(Cl)nc2c1ncn2[C@H]1C[C@H](OP(=O)(O)O)[C@]2(COC(C)=O)C[C@H]12. The van der Waals surface area contributed by atoms with Crippen LogP contribution >= 0.6 is 19.4 Å². The summed E-state index contributed by atoms with van der Waals surface area (Å²) in [6, 6.07) is -0.187. The van der Waals surface area contributed by atoms with Gasteiger partial charge >= 0.3 is 13.8 Å². The van der Waals surface area contributed by atoms with Crippen molar-refractivity contribution in [3.63, 3.8) is 0 Å². The van der Waals surface area contributed by atoms with E-state index in [1.165, 1.54) is 6.92 Å². The van der Waals surface area contributed by atoms with Gasteiger partial charge in [-0.15, -0.1) is 0 Å². The standard InChI is InChI=1S/C15H19ClN5O6P/c1-7(22)26-5-15-4-8(15)9(3-10(15)27-28(23,24)25)21-6-18-11-12(17-2)19-14(16)20-13(11)21/h6,8-10H,3-5H2,1-2H3,(H,17,19,20)(H2,23,24,25)/t8-,9+,10+,15+/m1/s1. The van der Waals surface area contributed by atoms with E-state index in [0.717, 1.165) is 0 Å². The van der Waals surface area contributed by atoms with Crippen LogP contribution in [-0.2, 0) is 18.6 Å². The Labute approximate surface area is 164 Å². The quantitative estimate of drug-likeness (QED) is 0.349. The van der Waals surface area contributed by atoms with Crippen LogP contribution in [0.15, 0.2) is 6.33 Å². The molecule has 0 unspecified atom stereocenters. The molecule has 0 bridgehead atoms. The highest BCUT2D eigenvalue weighted by molar-refractivity contribution is 7.46. The first-order chi connectivity index (χ1) is 13.1. The monoisotopic (exact) mass is 431 g/mol. The highest BCUT2D eigenvalue weighted by Crippen LogP contribution is 2.70. The minimum atomic E-state index is -4.71. The van der Waals surface area contributed by atoms with Crippen molar-refractivity contribution in [3.05, 3.63) is 11.6 Å². The molecular weight excluding hydrogens is 413 g/mol. The number of nitrogens with zero attached hydrogens (tertiary/aromatic N) is 4. The van der Waals surface area contributed by atoms with Gasteiger partial charge in [-0.3, -0.25) is 9.32 Å². The molecule has 2 fully saturated rings. The molecule has 0 spiro atoms. The summed E-state index contributed by atoms with van der Waals surface area (Å²) in [5.74, 6) is 0.0222. The lowest BCUT2D eigenvalue weighted by atomic mass is 10.0. The molecule has 2 aromatic rings. The maximum absolute atomic E-state index is 11.5. The number of ether oxygens (including phenoxy) is 1. The number of halogens is 1. The van der Waals surface area contributed by atoms with Crippen LogP contribution in [0.2, 0.25) is 5.28 Å². The van der Waals surface area contributed by atoms with Gasteiger partial charge in [-0.1, -0.05) is 0 Å². The summed E-state index contributed by atoms with van der Waals surface area (Å²) < 4.78 is 23.5. The smallest absolute Gasteiger partial charge is 0.465 e. The van der Waals surface area contributed by atoms with Crippen LogP contribution in [0.3, 0.4) is 0 Å². The molecule has 2 aliphatic rings. The highest BCUT2D eigenvalue weighted by atomic mass is 35.5. The van der Waals surface area contributed by atoms with Gasteiger partial charge in [-0.25, -0.2) is 9.55 Å². The fraction of sp³-hybridized carbons (Fsp3) is 0.600. The van der Waals surface area contributed by atoms with E-state index in [2.05, 4.69) is 20.3 Å². The second kappa shape index (κ2) is 6.64. The Morgan fingerprint density at radius 3 is 2.89 bits per heavy atom. The molecule has 2 aliphatic carbocycles. The summed E-state index contributed by atoms with van der Waals surface area (Å²) in [6.07, 6.45) is 1.77. The largest absolute Gasteiger partial charge is 0.469 e. The maximum Gasteiger partial charge on any atom is 0.469 e. The zero-order valence-electron chi connectivity index (χ0n) is 15.1. The van der Waals surface area contributed by atoms with Crippen molar-refractivity contribution < 1.29 is 28.4 Å². The number of nitrogens with one attached hydrogen (secondary N) is 1. The third-order valence-electron chi connectivity index (χ3n) is 5.54. The van der Waals surface area contributed by atoms with Gasteiger partial charge in [0.15, 0.2) is 17.0 Å². The lowest BCUT2D eigenvalue weighted by Crippen LogP contribution is -2.27. The Bertz CT molecular complexity index is 995. The average Bonchev–Trinajstić information content (AvgIpc) is 3.07. The molecule has 0 amide bonds. The van der Waals surface area contributed by atoms with Crippen LogP contribution in [0.5, 0.6) is 0 Å². The van der Waals surface area contributed by atoms with Gasteiger partial charge in [-0.05, 0) is 30.4 Å². The number of hydrogen-bond acceptors (Lipinski definition) is 8. The predicted molar refractivity (Wildman–Crippen MR) is 97.6 cm³/mol. The molecule has 13 heteroatoms. The van der Waals surface area contributed by atoms with E-state index in [1.807, 2.05) is 4.57 Å².